The topological polar surface area (TPSA) is 93.1 Å². The molecule has 0 amide bonds. The second kappa shape index (κ2) is 4.71. The van der Waals surface area contributed by atoms with Crippen LogP contribution in [0, 0.1) is 34.0 Å². The number of aliphatic hydroxyl groups excluding tert-OH is 2. The maximum atomic E-state index is 13.2. The fourth-order valence-electron chi connectivity index (χ4n) is 7.41. The molecule has 2 aliphatic heterocycles. The van der Waals surface area contributed by atoms with Gasteiger partial charge < -0.3 is 19.7 Å². The van der Waals surface area contributed by atoms with Crippen molar-refractivity contribution in [2.24, 2.45) is 34.0 Å². The molecule has 2 heterocycles. The first kappa shape index (κ1) is 16.8. The van der Waals surface area contributed by atoms with Gasteiger partial charge in [0.2, 0.25) is 0 Å². The Morgan fingerprint density at radius 1 is 1.27 bits per heavy atom. The fraction of sp³-hybridized carbons (Fsp3) is 0.800. The summed E-state index contributed by atoms with van der Waals surface area (Å²) in [6.07, 6.45) is 0.346. The molecule has 8 atom stereocenters. The highest BCUT2D eigenvalue weighted by Gasteiger charge is 2.80. The van der Waals surface area contributed by atoms with Crippen LogP contribution in [-0.4, -0.2) is 47.1 Å². The lowest BCUT2D eigenvalue weighted by molar-refractivity contribution is -0.300. The first-order chi connectivity index (χ1) is 12.2. The minimum Gasteiger partial charge on any atom is -0.462 e. The summed E-state index contributed by atoms with van der Waals surface area (Å²) in [4.78, 5) is 26.2. The van der Waals surface area contributed by atoms with Gasteiger partial charge in [0, 0.05) is 5.92 Å². The van der Waals surface area contributed by atoms with Crippen LogP contribution in [0.25, 0.3) is 0 Å². The van der Waals surface area contributed by atoms with Crippen molar-refractivity contribution in [1.82, 2.24) is 0 Å². The summed E-state index contributed by atoms with van der Waals surface area (Å²) >= 11 is 0. The Bertz CT molecular complexity index is 728. The number of carbonyl (C=O) groups is 2. The van der Waals surface area contributed by atoms with Gasteiger partial charge in [0.15, 0.2) is 0 Å². The summed E-state index contributed by atoms with van der Waals surface area (Å²) in [6, 6.07) is 0. The highest BCUT2D eigenvalue weighted by molar-refractivity contribution is 5.84. The molecule has 5 aliphatic rings. The molecule has 0 aromatic carbocycles. The molecule has 0 aromatic rings. The van der Waals surface area contributed by atoms with Gasteiger partial charge in [-0.2, -0.15) is 0 Å². The maximum Gasteiger partial charge on any atom is 0.315 e. The van der Waals surface area contributed by atoms with Crippen molar-refractivity contribution in [3.05, 3.63) is 12.2 Å². The van der Waals surface area contributed by atoms with Gasteiger partial charge in [-0.1, -0.05) is 20.4 Å². The van der Waals surface area contributed by atoms with E-state index in [1.54, 1.807) is 0 Å². The molecule has 2 saturated heterocycles. The molecule has 5 fully saturated rings. The third-order valence-electron chi connectivity index (χ3n) is 8.35. The van der Waals surface area contributed by atoms with E-state index >= 15 is 0 Å². The number of ether oxygens (including phenoxy) is 2. The predicted octanol–water partition coefficient (Wildman–Crippen LogP) is 1.20. The van der Waals surface area contributed by atoms with Crippen molar-refractivity contribution in [2.75, 3.05) is 6.61 Å². The van der Waals surface area contributed by atoms with Crippen LogP contribution in [0.5, 0.6) is 0 Å². The summed E-state index contributed by atoms with van der Waals surface area (Å²) in [7, 11) is 0. The standard InChI is InChI=1S/C20H26O6/c1-9-10-6-11-13-19(7-10,15(9)22)17(24)26-12-4-5-18(2,3)14(16(23)25-11)20(12,13)8-21/h10-15,21-22H,1,4-8H2,2-3H3. The largest absolute Gasteiger partial charge is 0.462 e. The number of fused-ring (bicyclic) bond motifs is 1. The van der Waals surface area contributed by atoms with Gasteiger partial charge >= 0.3 is 11.9 Å². The van der Waals surface area contributed by atoms with Crippen LogP contribution in [-0.2, 0) is 19.1 Å². The molecular formula is C20H26O6. The summed E-state index contributed by atoms with van der Waals surface area (Å²) in [5.41, 5.74) is -1.79. The van der Waals surface area contributed by atoms with E-state index in [0.29, 0.717) is 24.8 Å². The van der Waals surface area contributed by atoms with E-state index in [4.69, 9.17) is 9.47 Å². The second-order valence-corrected chi connectivity index (χ2v) is 9.73. The Balaban J connectivity index is 1.78. The number of aliphatic hydroxyl groups is 2. The van der Waals surface area contributed by atoms with Gasteiger partial charge in [0.25, 0.3) is 0 Å². The maximum absolute atomic E-state index is 13.2. The van der Waals surface area contributed by atoms with E-state index in [2.05, 4.69) is 6.58 Å². The van der Waals surface area contributed by atoms with Crippen molar-refractivity contribution in [2.45, 2.75) is 57.8 Å². The predicted molar refractivity (Wildman–Crippen MR) is 89.6 cm³/mol. The number of hydrogen-bond donors (Lipinski definition) is 2. The number of carbonyl (C=O) groups excluding carboxylic acids is 2. The molecular weight excluding hydrogens is 336 g/mol. The molecule has 26 heavy (non-hydrogen) atoms. The number of rotatable bonds is 1. The summed E-state index contributed by atoms with van der Waals surface area (Å²) in [5, 5.41) is 21.7. The summed E-state index contributed by atoms with van der Waals surface area (Å²) < 4.78 is 11.8. The van der Waals surface area contributed by atoms with E-state index in [-0.39, 0.29) is 23.9 Å². The second-order valence-electron chi connectivity index (χ2n) is 9.73. The van der Waals surface area contributed by atoms with Gasteiger partial charge in [-0.3, -0.25) is 9.59 Å². The average Bonchev–Trinajstić information content (AvgIpc) is 2.77. The Morgan fingerprint density at radius 2 is 2.00 bits per heavy atom. The SMILES string of the molecule is C=C1C2CC3OC(=O)C4C(C)(C)CCC5OC(=O)C(C2)(C1O)C3C54CO. The zero-order chi connectivity index (χ0) is 18.6. The van der Waals surface area contributed by atoms with Gasteiger partial charge in [-0.25, -0.2) is 0 Å². The van der Waals surface area contributed by atoms with E-state index in [0.717, 1.165) is 6.42 Å². The van der Waals surface area contributed by atoms with Crippen molar-refractivity contribution >= 4 is 11.9 Å². The molecule has 3 saturated carbocycles. The first-order valence-corrected chi connectivity index (χ1v) is 9.59. The van der Waals surface area contributed by atoms with E-state index < -0.39 is 46.9 Å². The molecule has 2 N–H and O–H groups in total. The number of hydrogen-bond acceptors (Lipinski definition) is 6. The molecule has 8 unspecified atom stereocenters. The molecule has 3 aliphatic carbocycles. The molecule has 0 aromatic heterocycles. The van der Waals surface area contributed by atoms with Crippen molar-refractivity contribution < 1.29 is 29.3 Å². The van der Waals surface area contributed by atoms with Crippen LogP contribution in [0.15, 0.2) is 12.2 Å². The van der Waals surface area contributed by atoms with Crippen LogP contribution < -0.4 is 0 Å². The Hall–Kier alpha value is -1.40. The molecule has 6 nitrogen and oxygen atoms in total. The van der Waals surface area contributed by atoms with Gasteiger partial charge in [-0.05, 0) is 42.6 Å². The van der Waals surface area contributed by atoms with Gasteiger partial charge in [0.1, 0.15) is 17.6 Å². The summed E-state index contributed by atoms with van der Waals surface area (Å²) in [6.45, 7) is 7.81. The highest BCUT2D eigenvalue weighted by atomic mass is 16.6. The lowest BCUT2D eigenvalue weighted by Crippen LogP contribution is -2.75. The third kappa shape index (κ3) is 1.55. The smallest absolute Gasteiger partial charge is 0.315 e. The first-order valence-electron chi connectivity index (χ1n) is 9.59. The Labute approximate surface area is 152 Å². The minimum absolute atomic E-state index is 0.0629. The zero-order valence-electron chi connectivity index (χ0n) is 15.2. The molecule has 0 radical (unpaired) electrons. The minimum atomic E-state index is -1.16. The van der Waals surface area contributed by atoms with E-state index in [1.807, 2.05) is 13.8 Å². The zero-order valence-corrected chi connectivity index (χ0v) is 15.2. The van der Waals surface area contributed by atoms with Crippen LogP contribution in [0.4, 0.5) is 0 Å². The highest BCUT2D eigenvalue weighted by Crippen LogP contribution is 2.71. The molecule has 5 rings (SSSR count). The lowest BCUT2D eigenvalue weighted by atomic mass is 9.42. The summed E-state index contributed by atoms with van der Waals surface area (Å²) in [5.74, 6) is -1.76. The molecule has 2 bridgehead atoms. The van der Waals surface area contributed by atoms with Crippen molar-refractivity contribution in [3.8, 4) is 0 Å². The molecule has 142 valence electrons. The average molecular weight is 362 g/mol. The number of esters is 2. The quantitative estimate of drug-likeness (QED) is 0.538. The van der Waals surface area contributed by atoms with E-state index in [1.165, 1.54) is 0 Å². The van der Waals surface area contributed by atoms with Crippen molar-refractivity contribution in [1.29, 1.82) is 0 Å². The molecule has 6 heteroatoms. The molecule has 1 spiro atoms. The Morgan fingerprint density at radius 3 is 2.69 bits per heavy atom. The van der Waals surface area contributed by atoms with Crippen molar-refractivity contribution in [3.63, 3.8) is 0 Å². The Kier molecular flexibility index (Phi) is 3.03. The lowest BCUT2D eigenvalue weighted by Gasteiger charge is -2.67. The third-order valence-corrected chi connectivity index (χ3v) is 8.35. The van der Waals surface area contributed by atoms with Crippen LogP contribution in [0.1, 0.15) is 39.5 Å². The van der Waals surface area contributed by atoms with E-state index in [9.17, 15) is 19.8 Å². The van der Waals surface area contributed by atoms with Gasteiger partial charge in [0.05, 0.1) is 24.0 Å². The van der Waals surface area contributed by atoms with Crippen LogP contribution >= 0.6 is 0 Å². The van der Waals surface area contributed by atoms with Crippen LogP contribution in [0.3, 0.4) is 0 Å². The van der Waals surface area contributed by atoms with Gasteiger partial charge in [-0.15, -0.1) is 0 Å². The fourth-order valence-corrected chi connectivity index (χ4v) is 7.41. The van der Waals surface area contributed by atoms with Crippen LogP contribution in [0.2, 0.25) is 0 Å². The normalized spacial score (nSPS) is 53.6. The monoisotopic (exact) mass is 362 g/mol.